The van der Waals surface area contributed by atoms with Crippen molar-refractivity contribution in [3.05, 3.63) is 54.1 Å². The molecule has 2 aromatic rings. The molecule has 0 radical (unpaired) electrons. The Morgan fingerprint density at radius 3 is 2.37 bits per heavy atom. The molecule has 0 aliphatic carbocycles. The second-order valence-corrected chi connectivity index (χ2v) is 6.48. The number of nitrogens with one attached hydrogen (secondary N) is 1. The molecule has 1 N–H and O–H groups in total. The first kappa shape index (κ1) is 21.1. The quantitative estimate of drug-likeness (QED) is 0.434. The van der Waals surface area contributed by atoms with Crippen LogP contribution in [-0.4, -0.2) is 26.4 Å². The molecule has 0 aromatic heterocycles. The van der Waals surface area contributed by atoms with Gasteiger partial charge in [0.15, 0.2) is 0 Å². The van der Waals surface area contributed by atoms with Crippen molar-refractivity contribution >= 4 is 5.69 Å². The number of unbranched alkanes of at least 4 members (excludes halogenated alkanes) is 3. The maximum atomic E-state index is 5.79. The summed E-state index contributed by atoms with van der Waals surface area (Å²) in [7, 11) is 0. The average molecular weight is 372 g/mol. The zero-order valence-corrected chi connectivity index (χ0v) is 16.7. The van der Waals surface area contributed by atoms with Gasteiger partial charge in [-0.25, -0.2) is 0 Å². The van der Waals surface area contributed by atoms with Crippen LogP contribution >= 0.6 is 0 Å². The summed E-state index contributed by atoms with van der Waals surface area (Å²) >= 11 is 0. The predicted molar refractivity (Wildman–Crippen MR) is 112 cm³/mol. The van der Waals surface area contributed by atoms with Gasteiger partial charge < -0.3 is 19.5 Å². The van der Waals surface area contributed by atoms with Crippen molar-refractivity contribution in [3.63, 3.8) is 0 Å². The Hall–Kier alpha value is -2.20. The van der Waals surface area contributed by atoms with E-state index in [1.807, 2.05) is 43.3 Å². The molecule has 0 atom stereocenters. The topological polar surface area (TPSA) is 39.7 Å². The molecular weight excluding hydrogens is 338 g/mol. The van der Waals surface area contributed by atoms with E-state index < -0.39 is 0 Å². The van der Waals surface area contributed by atoms with Crippen LogP contribution in [0, 0.1) is 0 Å². The van der Waals surface area contributed by atoms with Gasteiger partial charge in [0.25, 0.3) is 0 Å². The summed E-state index contributed by atoms with van der Waals surface area (Å²) in [6.45, 7) is 7.66. The van der Waals surface area contributed by atoms with Crippen molar-refractivity contribution in [2.75, 3.05) is 31.7 Å². The van der Waals surface area contributed by atoms with Crippen molar-refractivity contribution < 1.29 is 14.2 Å². The fourth-order valence-electron chi connectivity index (χ4n) is 2.69. The van der Waals surface area contributed by atoms with Gasteiger partial charge in [0.05, 0.1) is 13.2 Å². The summed E-state index contributed by atoms with van der Waals surface area (Å²) in [4.78, 5) is 0. The van der Waals surface area contributed by atoms with Gasteiger partial charge in [0.1, 0.15) is 18.1 Å². The Morgan fingerprint density at radius 2 is 1.59 bits per heavy atom. The molecule has 0 fully saturated rings. The molecule has 4 nitrogen and oxygen atoms in total. The summed E-state index contributed by atoms with van der Waals surface area (Å²) in [6, 6.07) is 16.3. The SMILES string of the molecule is CCCCCCOc1ccc(CNc2cccc(OCCOCC)c2)cc1. The zero-order valence-electron chi connectivity index (χ0n) is 16.7. The number of hydrogen-bond donors (Lipinski definition) is 1. The molecule has 0 saturated heterocycles. The molecule has 0 aliphatic rings. The lowest BCUT2D eigenvalue weighted by atomic mass is 10.2. The smallest absolute Gasteiger partial charge is 0.121 e. The van der Waals surface area contributed by atoms with Crippen LogP contribution in [0.5, 0.6) is 11.5 Å². The molecule has 0 heterocycles. The van der Waals surface area contributed by atoms with Crippen LogP contribution < -0.4 is 14.8 Å². The molecule has 2 rings (SSSR count). The van der Waals surface area contributed by atoms with E-state index in [4.69, 9.17) is 14.2 Å². The van der Waals surface area contributed by atoms with Gasteiger partial charge in [-0.05, 0) is 43.2 Å². The lowest BCUT2D eigenvalue weighted by Gasteiger charge is -2.11. The molecule has 0 bridgehead atoms. The van der Waals surface area contributed by atoms with E-state index in [1.54, 1.807) is 0 Å². The molecular formula is C23H33NO3. The molecule has 0 saturated carbocycles. The molecule has 148 valence electrons. The predicted octanol–water partition coefficient (Wildman–Crippen LogP) is 5.67. The molecule has 0 unspecified atom stereocenters. The van der Waals surface area contributed by atoms with Crippen molar-refractivity contribution in [1.82, 2.24) is 0 Å². The minimum absolute atomic E-state index is 0.567. The van der Waals surface area contributed by atoms with Crippen LogP contribution in [0.1, 0.15) is 45.1 Å². The van der Waals surface area contributed by atoms with Crippen LogP contribution in [0.3, 0.4) is 0 Å². The Balaban J connectivity index is 1.72. The van der Waals surface area contributed by atoms with Crippen molar-refractivity contribution in [2.45, 2.75) is 46.1 Å². The van der Waals surface area contributed by atoms with Crippen LogP contribution in [0.4, 0.5) is 5.69 Å². The maximum Gasteiger partial charge on any atom is 0.121 e. The van der Waals surface area contributed by atoms with E-state index in [0.29, 0.717) is 19.8 Å². The number of ether oxygens (including phenoxy) is 3. The van der Waals surface area contributed by atoms with Crippen LogP contribution in [0.15, 0.2) is 48.5 Å². The Kier molecular flexibility index (Phi) is 10.2. The lowest BCUT2D eigenvalue weighted by molar-refractivity contribution is 0.110. The summed E-state index contributed by atoms with van der Waals surface area (Å²) in [5, 5.41) is 3.44. The monoisotopic (exact) mass is 371 g/mol. The van der Waals surface area contributed by atoms with E-state index in [-0.39, 0.29) is 0 Å². The third kappa shape index (κ3) is 8.83. The molecule has 2 aromatic carbocycles. The fraction of sp³-hybridized carbons (Fsp3) is 0.478. The van der Waals surface area contributed by atoms with E-state index in [1.165, 1.54) is 24.8 Å². The van der Waals surface area contributed by atoms with Gasteiger partial charge in [0.2, 0.25) is 0 Å². The first-order chi connectivity index (χ1) is 13.3. The normalized spacial score (nSPS) is 10.6. The van der Waals surface area contributed by atoms with Crippen LogP contribution in [-0.2, 0) is 11.3 Å². The van der Waals surface area contributed by atoms with Crippen molar-refractivity contribution in [1.29, 1.82) is 0 Å². The molecule has 0 spiro atoms. The summed E-state index contributed by atoms with van der Waals surface area (Å²) < 4.78 is 16.8. The van der Waals surface area contributed by atoms with Gasteiger partial charge in [-0.2, -0.15) is 0 Å². The molecule has 0 amide bonds. The summed E-state index contributed by atoms with van der Waals surface area (Å²) in [5.41, 5.74) is 2.26. The zero-order chi connectivity index (χ0) is 19.2. The van der Waals surface area contributed by atoms with E-state index in [2.05, 4.69) is 24.4 Å². The number of anilines is 1. The van der Waals surface area contributed by atoms with Gasteiger partial charge in [-0.3, -0.25) is 0 Å². The van der Waals surface area contributed by atoms with Gasteiger partial charge >= 0.3 is 0 Å². The largest absolute Gasteiger partial charge is 0.494 e. The van der Waals surface area contributed by atoms with Gasteiger partial charge in [0, 0.05) is 24.9 Å². The molecule has 4 heteroatoms. The minimum Gasteiger partial charge on any atom is -0.494 e. The minimum atomic E-state index is 0.567. The number of hydrogen-bond acceptors (Lipinski definition) is 4. The van der Waals surface area contributed by atoms with E-state index in [0.717, 1.165) is 36.8 Å². The molecule has 0 aliphatic heterocycles. The Bertz CT molecular complexity index is 628. The third-order valence-corrected chi connectivity index (χ3v) is 4.22. The van der Waals surface area contributed by atoms with E-state index in [9.17, 15) is 0 Å². The summed E-state index contributed by atoms with van der Waals surface area (Å²) in [5.74, 6) is 1.80. The number of benzene rings is 2. The molecule has 27 heavy (non-hydrogen) atoms. The second-order valence-electron chi connectivity index (χ2n) is 6.48. The van der Waals surface area contributed by atoms with Crippen molar-refractivity contribution in [2.24, 2.45) is 0 Å². The van der Waals surface area contributed by atoms with Gasteiger partial charge in [-0.15, -0.1) is 0 Å². The third-order valence-electron chi connectivity index (χ3n) is 4.22. The van der Waals surface area contributed by atoms with Crippen LogP contribution in [0.2, 0.25) is 0 Å². The highest BCUT2D eigenvalue weighted by molar-refractivity contribution is 5.48. The van der Waals surface area contributed by atoms with Crippen LogP contribution in [0.25, 0.3) is 0 Å². The van der Waals surface area contributed by atoms with Crippen molar-refractivity contribution in [3.8, 4) is 11.5 Å². The first-order valence-corrected chi connectivity index (χ1v) is 10.1. The highest BCUT2D eigenvalue weighted by atomic mass is 16.5. The number of rotatable bonds is 14. The highest BCUT2D eigenvalue weighted by Gasteiger charge is 1.99. The van der Waals surface area contributed by atoms with E-state index >= 15 is 0 Å². The Morgan fingerprint density at radius 1 is 0.778 bits per heavy atom. The summed E-state index contributed by atoms with van der Waals surface area (Å²) in [6.07, 6.45) is 4.91. The fourth-order valence-corrected chi connectivity index (χ4v) is 2.69. The standard InChI is InChI=1S/C23H33NO3/c1-3-5-6-7-15-26-22-13-11-20(12-14-22)19-24-21-9-8-10-23(18-21)27-17-16-25-4-2/h8-14,18,24H,3-7,15-17,19H2,1-2H3. The lowest BCUT2D eigenvalue weighted by Crippen LogP contribution is -2.06. The highest BCUT2D eigenvalue weighted by Crippen LogP contribution is 2.19. The first-order valence-electron chi connectivity index (χ1n) is 10.1. The second kappa shape index (κ2) is 13.0. The van der Waals surface area contributed by atoms with Gasteiger partial charge in [-0.1, -0.05) is 44.4 Å². The average Bonchev–Trinajstić information content (AvgIpc) is 2.71. The maximum absolute atomic E-state index is 5.79. The Labute approximate surface area is 163 Å².